The fourth-order valence-electron chi connectivity index (χ4n) is 3.33. The monoisotopic (exact) mass is 514 g/mol. The van der Waals surface area contributed by atoms with Crippen molar-refractivity contribution in [3.05, 3.63) is 33.2 Å². The SMILES string of the molecule is Cc1nnc(SCC2=C(C(=O)O)N3C(=O)[C@H](NC(=O)[C@H](C)n4cc(Cl)c(C)n4)[C@H]3SC2)s1. The van der Waals surface area contributed by atoms with Gasteiger partial charge in [0.1, 0.15) is 28.2 Å². The number of nitrogens with zero attached hydrogens (tertiary/aromatic N) is 5. The van der Waals surface area contributed by atoms with E-state index < -0.39 is 35.2 Å². The molecule has 1 fully saturated rings. The summed E-state index contributed by atoms with van der Waals surface area (Å²) in [5.74, 6) is -1.16. The summed E-state index contributed by atoms with van der Waals surface area (Å²) in [6.45, 7) is 5.23. The molecule has 0 aromatic carbocycles. The molecule has 2 amide bonds. The standard InChI is InChI=1S/C18H19ClN6O4S3/c1-7-11(19)4-24(23-7)8(2)14(26)20-12-15(27)25-13(17(28)29)10(5-30-16(12)25)6-31-18-22-21-9(3)32-18/h4,8,12,16H,5-6H2,1-3H3,(H,20,26)(H,28,29)/t8-,12-,16+/m0/s1. The Morgan fingerprint density at radius 2 is 2.16 bits per heavy atom. The summed E-state index contributed by atoms with van der Waals surface area (Å²) in [7, 11) is 0. The quantitative estimate of drug-likeness (QED) is 0.421. The van der Waals surface area contributed by atoms with Crippen molar-refractivity contribution in [2.75, 3.05) is 11.5 Å². The molecule has 2 aromatic rings. The second-order valence-corrected chi connectivity index (χ2v) is 11.2. The van der Waals surface area contributed by atoms with E-state index in [9.17, 15) is 19.5 Å². The molecule has 0 saturated carbocycles. The number of fused-ring (bicyclic) bond motifs is 1. The molecule has 2 N–H and O–H groups in total. The van der Waals surface area contributed by atoms with Gasteiger partial charge in [-0.3, -0.25) is 19.2 Å². The highest BCUT2D eigenvalue weighted by molar-refractivity contribution is 8.01. The molecule has 14 heteroatoms. The first-order valence-electron chi connectivity index (χ1n) is 9.52. The predicted octanol–water partition coefficient (Wildman–Crippen LogP) is 2.10. The third-order valence-corrected chi connectivity index (χ3v) is 8.83. The summed E-state index contributed by atoms with van der Waals surface area (Å²) in [5.41, 5.74) is 1.23. The van der Waals surface area contributed by atoms with Crippen molar-refractivity contribution in [3.63, 3.8) is 0 Å². The van der Waals surface area contributed by atoms with Crippen LogP contribution in [0.5, 0.6) is 0 Å². The number of nitrogens with one attached hydrogen (secondary N) is 1. The minimum atomic E-state index is -1.16. The molecule has 1 saturated heterocycles. The fourth-order valence-corrected chi connectivity index (χ4v) is 6.77. The lowest BCUT2D eigenvalue weighted by atomic mass is 10.0. The fraction of sp³-hybridized carbons (Fsp3) is 0.444. The molecule has 4 rings (SSSR count). The Labute approximate surface area is 200 Å². The normalized spacial score (nSPS) is 21.2. The molecule has 2 aliphatic heterocycles. The number of carbonyl (C=O) groups is 3. The molecule has 4 heterocycles. The van der Waals surface area contributed by atoms with Crippen LogP contribution in [0, 0.1) is 13.8 Å². The second kappa shape index (κ2) is 9.04. The number of rotatable bonds is 7. The van der Waals surface area contributed by atoms with Crippen LogP contribution in [0.3, 0.4) is 0 Å². The van der Waals surface area contributed by atoms with Gasteiger partial charge in [0.2, 0.25) is 5.91 Å². The van der Waals surface area contributed by atoms with Gasteiger partial charge in [0.25, 0.3) is 5.91 Å². The number of thioether (sulfide) groups is 2. The lowest BCUT2D eigenvalue weighted by Gasteiger charge is -2.49. The Morgan fingerprint density at radius 3 is 2.75 bits per heavy atom. The maximum Gasteiger partial charge on any atom is 0.352 e. The highest BCUT2D eigenvalue weighted by Gasteiger charge is 2.54. The van der Waals surface area contributed by atoms with Gasteiger partial charge < -0.3 is 10.4 Å². The van der Waals surface area contributed by atoms with Crippen LogP contribution in [0.15, 0.2) is 21.8 Å². The zero-order valence-corrected chi connectivity index (χ0v) is 20.4. The average molecular weight is 515 g/mol. The van der Waals surface area contributed by atoms with Gasteiger partial charge in [-0.15, -0.1) is 22.0 Å². The first kappa shape index (κ1) is 23.1. The highest BCUT2D eigenvalue weighted by atomic mass is 35.5. The largest absolute Gasteiger partial charge is 0.477 e. The summed E-state index contributed by atoms with van der Waals surface area (Å²) >= 11 is 10.3. The number of hydrogen-bond acceptors (Lipinski definition) is 9. The summed E-state index contributed by atoms with van der Waals surface area (Å²) < 4.78 is 2.18. The summed E-state index contributed by atoms with van der Waals surface area (Å²) in [6.07, 6.45) is 1.56. The Kier molecular flexibility index (Phi) is 6.52. The van der Waals surface area contributed by atoms with Crippen LogP contribution >= 0.6 is 46.5 Å². The molecule has 0 spiro atoms. The van der Waals surface area contributed by atoms with E-state index >= 15 is 0 Å². The van der Waals surface area contributed by atoms with Crippen molar-refractivity contribution in [1.82, 2.24) is 30.2 Å². The Balaban J connectivity index is 1.45. The van der Waals surface area contributed by atoms with Crippen LogP contribution in [-0.2, 0) is 14.4 Å². The number of aryl methyl sites for hydroxylation is 2. The number of hydrogen-bond donors (Lipinski definition) is 2. The molecule has 0 aliphatic carbocycles. The van der Waals surface area contributed by atoms with Crippen molar-refractivity contribution in [3.8, 4) is 0 Å². The number of carbonyl (C=O) groups excluding carboxylic acids is 2. The topological polar surface area (TPSA) is 130 Å². The van der Waals surface area contributed by atoms with E-state index in [4.69, 9.17) is 11.6 Å². The molecule has 2 aromatic heterocycles. The van der Waals surface area contributed by atoms with E-state index in [-0.39, 0.29) is 5.70 Å². The third kappa shape index (κ3) is 4.26. The molecule has 32 heavy (non-hydrogen) atoms. The van der Waals surface area contributed by atoms with E-state index in [1.807, 2.05) is 6.92 Å². The summed E-state index contributed by atoms with van der Waals surface area (Å²) in [6, 6.07) is -1.47. The van der Waals surface area contributed by atoms with E-state index in [0.29, 0.717) is 27.8 Å². The number of amides is 2. The number of β-lactam (4-membered cyclic amide) rings is 1. The minimum Gasteiger partial charge on any atom is -0.477 e. The molecule has 10 nitrogen and oxygen atoms in total. The van der Waals surface area contributed by atoms with Crippen molar-refractivity contribution in [2.24, 2.45) is 0 Å². The van der Waals surface area contributed by atoms with Crippen LogP contribution in [0.2, 0.25) is 5.02 Å². The lowest BCUT2D eigenvalue weighted by Crippen LogP contribution is -2.71. The lowest BCUT2D eigenvalue weighted by molar-refractivity contribution is -0.151. The van der Waals surface area contributed by atoms with Crippen molar-refractivity contribution in [2.45, 2.75) is 42.6 Å². The van der Waals surface area contributed by atoms with Gasteiger partial charge in [-0.05, 0) is 26.3 Å². The van der Waals surface area contributed by atoms with Crippen LogP contribution in [-0.4, -0.2) is 70.7 Å². The zero-order chi connectivity index (χ0) is 23.2. The number of carboxylic acid groups (broad SMARTS) is 1. The Hall–Kier alpha value is -2.09. The molecule has 2 aliphatic rings. The van der Waals surface area contributed by atoms with Crippen LogP contribution in [0.1, 0.15) is 23.7 Å². The predicted molar refractivity (Wildman–Crippen MR) is 122 cm³/mol. The van der Waals surface area contributed by atoms with Crippen LogP contribution < -0.4 is 5.32 Å². The third-order valence-electron chi connectivity index (χ3n) is 5.06. The first-order chi connectivity index (χ1) is 15.2. The van der Waals surface area contributed by atoms with Gasteiger partial charge in [-0.2, -0.15) is 5.10 Å². The van der Waals surface area contributed by atoms with E-state index in [2.05, 4.69) is 20.6 Å². The molecule has 170 valence electrons. The van der Waals surface area contributed by atoms with Crippen LogP contribution in [0.4, 0.5) is 0 Å². The number of halogens is 1. The number of aromatic nitrogens is 4. The molecular weight excluding hydrogens is 496 g/mol. The molecule has 0 bridgehead atoms. The van der Waals surface area contributed by atoms with Gasteiger partial charge >= 0.3 is 5.97 Å². The van der Waals surface area contributed by atoms with Crippen molar-refractivity contribution < 1.29 is 19.5 Å². The number of aliphatic carboxylic acids is 1. The zero-order valence-electron chi connectivity index (χ0n) is 17.2. The molecule has 0 unspecified atom stereocenters. The van der Waals surface area contributed by atoms with Gasteiger partial charge in [0, 0.05) is 17.7 Å². The second-order valence-electron chi connectivity index (χ2n) is 7.25. The van der Waals surface area contributed by atoms with Crippen LogP contribution in [0.25, 0.3) is 0 Å². The van der Waals surface area contributed by atoms with E-state index in [1.54, 1.807) is 20.0 Å². The minimum absolute atomic E-state index is 0.0134. The summed E-state index contributed by atoms with van der Waals surface area (Å²) in [5, 5.41) is 25.5. The maximum absolute atomic E-state index is 12.8. The van der Waals surface area contributed by atoms with E-state index in [0.717, 1.165) is 9.35 Å². The van der Waals surface area contributed by atoms with Crippen molar-refractivity contribution in [1.29, 1.82) is 0 Å². The van der Waals surface area contributed by atoms with Gasteiger partial charge in [0.05, 0.1) is 10.7 Å². The van der Waals surface area contributed by atoms with Gasteiger partial charge in [-0.25, -0.2) is 4.79 Å². The first-order valence-corrected chi connectivity index (χ1v) is 12.7. The van der Waals surface area contributed by atoms with E-state index in [1.165, 1.54) is 44.4 Å². The van der Waals surface area contributed by atoms with Gasteiger partial charge in [-0.1, -0.05) is 34.7 Å². The maximum atomic E-state index is 12.8. The molecule has 3 atom stereocenters. The smallest absolute Gasteiger partial charge is 0.352 e. The molecular formula is C18H19ClN6O4S3. The number of carboxylic acids is 1. The van der Waals surface area contributed by atoms with Crippen molar-refractivity contribution >= 4 is 64.2 Å². The molecule has 0 radical (unpaired) electrons. The average Bonchev–Trinajstić information content (AvgIpc) is 3.33. The summed E-state index contributed by atoms with van der Waals surface area (Å²) in [4.78, 5) is 38.7. The Bertz CT molecular complexity index is 1110. The van der Waals surface area contributed by atoms with Gasteiger partial charge in [0.15, 0.2) is 4.34 Å². The Morgan fingerprint density at radius 1 is 1.41 bits per heavy atom. The highest BCUT2D eigenvalue weighted by Crippen LogP contribution is 2.42.